The Morgan fingerprint density at radius 2 is 1.69 bits per heavy atom. The summed E-state index contributed by atoms with van der Waals surface area (Å²) in [5.41, 5.74) is -0.804. The van der Waals surface area contributed by atoms with Crippen LogP contribution in [-0.2, 0) is 20.9 Å². The standard InChI is InChI=1S/C25H20ClF3N4O5S/c26-22-7-4-19(14-21(22)25(27,28)29)38-23-8-3-18(13-16(23)15-30)32-39(35,36)20-5-1-17(2-6-20)31-24(34)33-9-11-37-12-10-33/h1-8,13-14,32H,9-12H2,(H,31,34). The number of anilines is 2. The van der Waals surface area contributed by atoms with E-state index in [0.717, 1.165) is 6.07 Å². The number of nitrogens with one attached hydrogen (secondary N) is 2. The number of ether oxygens (including phenoxy) is 2. The summed E-state index contributed by atoms with van der Waals surface area (Å²) in [6, 6.07) is 13.7. The second kappa shape index (κ2) is 11.4. The van der Waals surface area contributed by atoms with Crippen molar-refractivity contribution in [3.05, 3.63) is 76.8 Å². The Morgan fingerprint density at radius 3 is 2.33 bits per heavy atom. The van der Waals surface area contributed by atoms with Gasteiger partial charge in [-0.2, -0.15) is 18.4 Å². The lowest BCUT2D eigenvalue weighted by atomic mass is 10.2. The van der Waals surface area contributed by atoms with Gasteiger partial charge in [-0.15, -0.1) is 0 Å². The molecule has 0 radical (unpaired) electrons. The van der Waals surface area contributed by atoms with Crippen LogP contribution in [0.2, 0.25) is 5.02 Å². The summed E-state index contributed by atoms with van der Waals surface area (Å²) < 4.78 is 78.1. The third-order valence-electron chi connectivity index (χ3n) is 5.54. The average Bonchev–Trinajstić information content (AvgIpc) is 2.90. The Hall–Kier alpha value is -3.99. The molecule has 3 aromatic carbocycles. The summed E-state index contributed by atoms with van der Waals surface area (Å²) in [6.45, 7) is 1.78. The Labute approximate surface area is 226 Å². The minimum atomic E-state index is -4.71. The number of carbonyl (C=O) groups excluding carboxylic acids is 1. The monoisotopic (exact) mass is 580 g/mol. The van der Waals surface area contributed by atoms with Crippen molar-refractivity contribution in [2.45, 2.75) is 11.1 Å². The highest BCUT2D eigenvalue weighted by Gasteiger charge is 2.33. The molecule has 0 bridgehead atoms. The van der Waals surface area contributed by atoms with Crippen LogP contribution in [0, 0.1) is 11.3 Å². The predicted molar refractivity (Wildman–Crippen MR) is 136 cm³/mol. The topological polar surface area (TPSA) is 121 Å². The molecule has 1 fully saturated rings. The third-order valence-corrected chi connectivity index (χ3v) is 7.26. The van der Waals surface area contributed by atoms with Gasteiger partial charge >= 0.3 is 12.2 Å². The first-order valence-corrected chi connectivity index (χ1v) is 13.2. The molecular weight excluding hydrogens is 561 g/mol. The van der Waals surface area contributed by atoms with Crippen LogP contribution in [0.1, 0.15) is 11.1 Å². The fourth-order valence-electron chi connectivity index (χ4n) is 3.58. The van der Waals surface area contributed by atoms with Crippen LogP contribution in [0.15, 0.2) is 65.6 Å². The first kappa shape index (κ1) is 28.0. The van der Waals surface area contributed by atoms with Gasteiger partial charge < -0.3 is 19.7 Å². The number of rotatable bonds is 6. The number of sulfonamides is 1. The van der Waals surface area contributed by atoms with Crippen LogP contribution in [0.5, 0.6) is 11.5 Å². The number of halogens is 4. The quantitative estimate of drug-likeness (QED) is 0.386. The summed E-state index contributed by atoms with van der Waals surface area (Å²) >= 11 is 5.62. The summed E-state index contributed by atoms with van der Waals surface area (Å²) in [6.07, 6.45) is -4.71. The van der Waals surface area contributed by atoms with Gasteiger partial charge in [0.15, 0.2) is 0 Å². The predicted octanol–water partition coefficient (Wildman–Crippen LogP) is 5.69. The van der Waals surface area contributed by atoms with Gasteiger partial charge in [-0.3, -0.25) is 4.72 Å². The van der Waals surface area contributed by atoms with E-state index in [1.165, 1.54) is 48.5 Å². The number of hydrogen-bond donors (Lipinski definition) is 2. The van der Waals surface area contributed by atoms with Crippen LogP contribution in [0.4, 0.5) is 29.3 Å². The maximum absolute atomic E-state index is 13.1. The molecule has 3 aromatic rings. The zero-order valence-electron chi connectivity index (χ0n) is 20.0. The van der Waals surface area contributed by atoms with E-state index in [1.54, 1.807) is 4.90 Å². The zero-order valence-corrected chi connectivity index (χ0v) is 21.5. The minimum Gasteiger partial charge on any atom is -0.456 e. The van der Waals surface area contributed by atoms with Gasteiger partial charge in [0.1, 0.15) is 17.6 Å². The molecule has 1 aliphatic rings. The lowest BCUT2D eigenvalue weighted by molar-refractivity contribution is -0.137. The molecule has 0 saturated carbocycles. The number of carbonyl (C=O) groups is 1. The van der Waals surface area contributed by atoms with Crippen molar-refractivity contribution >= 4 is 39.0 Å². The molecular formula is C25H20ClF3N4O5S. The second-order valence-electron chi connectivity index (χ2n) is 8.22. The van der Waals surface area contributed by atoms with Gasteiger partial charge in [0.05, 0.1) is 39.9 Å². The van der Waals surface area contributed by atoms with Gasteiger partial charge in [0.2, 0.25) is 0 Å². The number of benzene rings is 3. The Balaban J connectivity index is 1.46. The molecule has 39 heavy (non-hydrogen) atoms. The summed E-state index contributed by atoms with van der Waals surface area (Å²) in [4.78, 5) is 13.8. The number of nitriles is 1. The van der Waals surface area contributed by atoms with E-state index in [1.807, 2.05) is 6.07 Å². The first-order valence-electron chi connectivity index (χ1n) is 11.3. The summed E-state index contributed by atoms with van der Waals surface area (Å²) in [5.74, 6) is -0.298. The van der Waals surface area contributed by atoms with Crippen molar-refractivity contribution in [3.63, 3.8) is 0 Å². The normalized spacial score (nSPS) is 13.9. The lowest BCUT2D eigenvalue weighted by Gasteiger charge is -2.26. The molecule has 1 heterocycles. The molecule has 0 unspecified atom stereocenters. The number of alkyl halides is 3. The van der Waals surface area contributed by atoms with E-state index >= 15 is 0 Å². The van der Waals surface area contributed by atoms with Gasteiger partial charge in [-0.05, 0) is 60.7 Å². The summed E-state index contributed by atoms with van der Waals surface area (Å²) in [5, 5.41) is 11.7. The molecule has 2 N–H and O–H groups in total. The van der Waals surface area contributed by atoms with Gasteiger partial charge in [0, 0.05) is 18.8 Å². The van der Waals surface area contributed by atoms with E-state index in [0.29, 0.717) is 38.1 Å². The summed E-state index contributed by atoms with van der Waals surface area (Å²) in [7, 11) is -4.08. The minimum absolute atomic E-state index is 0.0238. The van der Waals surface area contributed by atoms with E-state index < -0.39 is 26.8 Å². The maximum atomic E-state index is 13.1. The van der Waals surface area contributed by atoms with Gasteiger partial charge in [-0.25, -0.2) is 13.2 Å². The smallest absolute Gasteiger partial charge is 0.417 e. The van der Waals surface area contributed by atoms with Crippen LogP contribution < -0.4 is 14.8 Å². The van der Waals surface area contributed by atoms with Crippen molar-refractivity contribution in [3.8, 4) is 17.6 Å². The highest BCUT2D eigenvalue weighted by Crippen LogP contribution is 2.38. The van der Waals surface area contributed by atoms with Gasteiger partial charge in [-0.1, -0.05) is 11.6 Å². The number of amides is 2. The molecule has 4 rings (SSSR count). The molecule has 204 valence electrons. The van der Waals surface area contributed by atoms with Crippen LogP contribution in [0.3, 0.4) is 0 Å². The van der Waals surface area contributed by atoms with Crippen LogP contribution in [-0.4, -0.2) is 45.7 Å². The first-order chi connectivity index (χ1) is 18.5. The molecule has 2 amide bonds. The number of hydrogen-bond acceptors (Lipinski definition) is 6. The Morgan fingerprint density at radius 1 is 1.03 bits per heavy atom. The van der Waals surface area contributed by atoms with E-state index in [-0.39, 0.29) is 33.7 Å². The largest absolute Gasteiger partial charge is 0.456 e. The zero-order chi connectivity index (χ0) is 28.2. The van der Waals surface area contributed by atoms with E-state index in [4.69, 9.17) is 21.1 Å². The number of nitrogens with zero attached hydrogens (tertiary/aromatic N) is 2. The second-order valence-corrected chi connectivity index (χ2v) is 10.3. The Bertz CT molecular complexity index is 1520. The van der Waals surface area contributed by atoms with E-state index in [9.17, 15) is 31.6 Å². The van der Waals surface area contributed by atoms with Crippen LogP contribution in [0.25, 0.3) is 0 Å². The molecule has 1 saturated heterocycles. The van der Waals surface area contributed by atoms with Crippen LogP contribution >= 0.6 is 11.6 Å². The average molecular weight is 581 g/mol. The maximum Gasteiger partial charge on any atom is 0.417 e. The molecule has 0 aliphatic carbocycles. The van der Waals surface area contributed by atoms with Gasteiger partial charge in [0.25, 0.3) is 10.0 Å². The van der Waals surface area contributed by atoms with Crippen molar-refractivity contribution in [1.82, 2.24) is 4.90 Å². The fraction of sp³-hybridized carbons (Fsp3) is 0.200. The van der Waals surface area contributed by atoms with Crippen molar-refractivity contribution in [1.29, 1.82) is 5.26 Å². The lowest BCUT2D eigenvalue weighted by Crippen LogP contribution is -2.43. The SMILES string of the molecule is N#Cc1cc(NS(=O)(=O)c2ccc(NC(=O)N3CCOCC3)cc2)ccc1Oc1ccc(Cl)c(C(F)(F)F)c1. The molecule has 0 aromatic heterocycles. The van der Waals surface area contributed by atoms with Crippen molar-refractivity contribution in [2.75, 3.05) is 36.3 Å². The number of morpholine rings is 1. The Kier molecular flexibility index (Phi) is 8.19. The number of urea groups is 1. The molecule has 14 heteroatoms. The molecule has 0 spiro atoms. The van der Waals surface area contributed by atoms with E-state index in [2.05, 4.69) is 10.0 Å². The van der Waals surface area contributed by atoms with Crippen molar-refractivity contribution in [2.24, 2.45) is 0 Å². The molecule has 0 atom stereocenters. The highest BCUT2D eigenvalue weighted by molar-refractivity contribution is 7.92. The fourth-order valence-corrected chi connectivity index (χ4v) is 4.86. The third kappa shape index (κ3) is 6.91. The highest BCUT2D eigenvalue weighted by atomic mass is 35.5. The molecule has 1 aliphatic heterocycles. The molecule has 9 nitrogen and oxygen atoms in total. The van der Waals surface area contributed by atoms with Crippen molar-refractivity contribution < 1.29 is 35.9 Å².